The Bertz CT molecular complexity index is 372. The summed E-state index contributed by atoms with van der Waals surface area (Å²) in [5, 5.41) is 8.76. The first kappa shape index (κ1) is 15.3. The lowest BCUT2D eigenvalue weighted by Gasteiger charge is -2.31. The van der Waals surface area contributed by atoms with E-state index in [0.717, 1.165) is 38.2 Å². The minimum absolute atomic E-state index is 0.117. The van der Waals surface area contributed by atoms with Crippen LogP contribution in [0.4, 0.5) is 0 Å². The van der Waals surface area contributed by atoms with E-state index in [0.29, 0.717) is 19.3 Å². The van der Waals surface area contributed by atoms with E-state index in [1.807, 2.05) is 19.1 Å². The van der Waals surface area contributed by atoms with Crippen molar-refractivity contribution in [3.63, 3.8) is 0 Å². The lowest BCUT2D eigenvalue weighted by Crippen LogP contribution is -2.36. The van der Waals surface area contributed by atoms with Gasteiger partial charge in [-0.1, -0.05) is 12.1 Å². The summed E-state index contributed by atoms with van der Waals surface area (Å²) in [7, 11) is 0. The topological polar surface area (TPSA) is 41.9 Å². The van der Waals surface area contributed by atoms with Crippen molar-refractivity contribution >= 4 is 0 Å². The first-order chi connectivity index (χ1) is 9.81. The summed E-state index contributed by atoms with van der Waals surface area (Å²) in [5.41, 5.74) is 1.32. The SMILES string of the molecule is CCOc1ccc(CN2CCC(OCCO)CC2)cc1. The number of ether oxygens (including phenoxy) is 2. The van der Waals surface area contributed by atoms with Crippen LogP contribution in [0.25, 0.3) is 0 Å². The van der Waals surface area contributed by atoms with Crippen LogP contribution >= 0.6 is 0 Å². The third kappa shape index (κ3) is 4.78. The molecule has 1 N–H and O–H groups in total. The van der Waals surface area contributed by atoms with Crippen LogP contribution in [0.2, 0.25) is 0 Å². The van der Waals surface area contributed by atoms with Gasteiger partial charge < -0.3 is 14.6 Å². The van der Waals surface area contributed by atoms with Gasteiger partial charge in [0.2, 0.25) is 0 Å². The van der Waals surface area contributed by atoms with Gasteiger partial charge in [-0.2, -0.15) is 0 Å². The first-order valence-corrected chi connectivity index (χ1v) is 7.48. The Kier molecular flexibility index (Phi) is 6.30. The van der Waals surface area contributed by atoms with Crippen molar-refractivity contribution < 1.29 is 14.6 Å². The average Bonchev–Trinajstić information content (AvgIpc) is 2.49. The van der Waals surface area contributed by atoms with Gasteiger partial charge in [-0.3, -0.25) is 4.90 Å². The molecule has 1 saturated heterocycles. The smallest absolute Gasteiger partial charge is 0.119 e. The standard InChI is InChI=1S/C16H25NO3/c1-2-19-15-5-3-14(4-6-15)13-17-9-7-16(8-10-17)20-12-11-18/h3-6,16,18H,2,7-13H2,1H3. The highest BCUT2D eigenvalue weighted by atomic mass is 16.5. The largest absolute Gasteiger partial charge is 0.494 e. The van der Waals surface area contributed by atoms with E-state index in [2.05, 4.69) is 17.0 Å². The predicted molar refractivity (Wildman–Crippen MR) is 78.9 cm³/mol. The number of aliphatic hydroxyl groups is 1. The van der Waals surface area contributed by atoms with Gasteiger partial charge in [0.1, 0.15) is 5.75 Å². The van der Waals surface area contributed by atoms with Crippen molar-refractivity contribution in [2.24, 2.45) is 0 Å². The summed E-state index contributed by atoms with van der Waals surface area (Å²) in [6.45, 7) is 6.39. The molecule has 1 aliphatic rings. The van der Waals surface area contributed by atoms with Crippen LogP contribution in [-0.4, -0.2) is 49.0 Å². The average molecular weight is 279 g/mol. The molecule has 0 aromatic heterocycles. The van der Waals surface area contributed by atoms with Gasteiger partial charge in [-0.25, -0.2) is 0 Å². The number of hydrogen-bond donors (Lipinski definition) is 1. The molecule has 1 fully saturated rings. The number of aliphatic hydroxyl groups excluding tert-OH is 1. The molecule has 0 bridgehead atoms. The van der Waals surface area contributed by atoms with Crippen molar-refractivity contribution in [1.29, 1.82) is 0 Å². The molecule has 0 atom stereocenters. The second-order valence-electron chi connectivity index (χ2n) is 5.15. The zero-order valence-corrected chi connectivity index (χ0v) is 12.3. The number of likely N-dealkylation sites (tertiary alicyclic amines) is 1. The molecule has 1 aromatic carbocycles. The van der Waals surface area contributed by atoms with Crippen molar-refractivity contribution in [3.8, 4) is 5.75 Å². The minimum atomic E-state index is 0.117. The second-order valence-corrected chi connectivity index (χ2v) is 5.15. The maximum Gasteiger partial charge on any atom is 0.119 e. The van der Waals surface area contributed by atoms with E-state index in [4.69, 9.17) is 14.6 Å². The summed E-state index contributed by atoms with van der Waals surface area (Å²) in [6.07, 6.45) is 2.42. The van der Waals surface area contributed by atoms with Crippen molar-refractivity contribution in [1.82, 2.24) is 4.90 Å². The molecule has 0 amide bonds. The molecule has 0 spiro atoms. The number of piperidine rings is 1. The highest BCUT2D eigenvalue weighted by Gasteiger charge is 2.19. The molecule has 0 aliphatic carbocycles. The van der Waals surface area contributed by atoms with Crippen LogP contribution in [0.1, 0.15) is 25.3 Å². The Hall–Kier alpha value is -1.10. The molecule has 1 aliphatic heterocycles. The number of benzene rings is 1. The summed E-state index contributed by atoms with van der Waals surface area (Å²) in [5.74, 6) is 0.937. The van der Waals surface area contributed by atoms with Gasteiger partial charge in [0.25, 0.3) is 0 Å². The van der Waals surface area contributed by atoms with E-state index >= 15 is 0 Å². The minimum Gasteiger partial charge on any atom is -0.494 e. The highest BCUT2D eigenvalue weighted by Crippen LogP contribution is 2.18. The number of rotatable bonds is 7. The normalized spacial score (nSPS) is 17.3. The van der Waals surface area contributed by atoms with E-state index < -0.39 is 0 Å². The van der Waals surface area contributed by atoms with Crippen LogP contribution in [0.5, 0.6) is 5.75 Å². The Morgan fingerprint density at radius 3 is 2.50 bits per heavy atom. The Labute approximate surface area is 121 Å². The van der Waals surface area contributed by atoms with Crippen molar-refractivity contribution in [3.05, 3.63) is 29.8 Å². The monoisotopic (exact) mass is 279 g/mol. The molecule has 0 radical (unpaired) electrons. The van der Waals surface area contributed by atoms with E-state index in [1.165, 1.54) is 5.56 Å². The lowest BCUT2D eigenvalue weighted by atomic mass is 10.1. The van der Waals surface area contributed by atoms with E-state index in [-0.39, 0.29) is 6.61 Å². The summed E-state index contributed by atoms with van der Waals surface area (Å²) < 4.78 is 11.0. The predicted octanol–water partition coefficient (Wildman–Crippen LogP) is 2.06. The molecular weight excluding hydrogens is 254 g/mol. The number of hydrogen-bond acceptors (Lipinski definition) is 4. The van der Waals surface area contributed by atoms with Crippen LogP contribution in [-0.2, 0) is 11.3 Å². The fourth-order valence-corrected chi connectivity index (χ4v) is 2.57. The first-order valence-electron chi connectivity index (χ1n) is 7.48. The summed E-state index contributed by atoms with van der Waals surface area (Å²) in [6, 6.07) is 8.35. The van der Waals surface area contributed by atoms with Gasteiger partial charge in [-0.05, 0) is 37.5 Å². The van der Waals surface area contributed by atoms with Crippen molar-refractivity contribution in [2.75, 3.05) is 32.9 Å². The van der Waals surface area contributed by atoms with Crippen LogP contribution in [0.15, 0.2) is 24.3 Å². The van der Waals surface area contributed by atoms with E-state index in [1.54, 1.807) is 0 Å². The fourth-order valence-electron chi connectivity index (χ4n) is 2.57. The molecule has 1 aromatic rings. The Morgan fingerprint density at radius 2 is 1.90 bits per heavy atom. The molecule has 2 rings (SSSR count). The van der Waals surface area contributed by atoms with E-state index in [9.17, 15) is 0 Å². The molecule has 0 unspecified atom stereocenters. The van der Waals surface area contributed by atoms with Gasteiger partial charge in [0.15, 0.2) is 0 Å². The van der Waals surface area contributed by atoms with Crippen LogP contribution in [0.3, 0.4) is 0 Å². The summed E-state index contributed by atoms with van der Waals surface area (Å²) >= 11 is 0. The molecule has 1 heterocycles. The molecule has 112 valence electrons. The third-order valence-electron chi connectivity index (χ3n) is 3.62. The highest BCUT2D eigenvalue weighted by molar-refractivity contribution is 5.27. The zero-order chi connectivity index (χ0) is 14.2. The number of nitrogens with zero attached hydrogens (tertiary/aromatic N) is 1. The molecule has 0 saturated carbocycles. The quantitative estimate of drug-likeness (QED) is 0.829. The fraction of sp³-hybridized carbons (Fsp3) is 0.625. The lowest BCUT2D eigenvalue weighted by molar-refractivity contribution is -0.00901. The maximum absolute atomic E-state index is 8.76. The van der Waals surface area contributed by atoms with Crippen LogP contribution < -0.4 is 4.74 Å². The second kappa shape index (κ2) is 8.25. The van der Waals surface area contributed by atoms with Gasteiger partial charge in [0, 0.05) is 19.6 Å². The van der Waals surface area contributed by atoms with Gasteiger partial charge in [-0.15, -0.1) is 0 Å². The Morgan fingerprint density at radius 1 is 1.20 bits per heavy atom. The van der Waals surface area contributed by atoms with Gasteiger partial charge in [0.05, 0.1) is 25.9 Å². The zero-order valence-electron chi connectivity index (χ0n) is 12.3. The van der Waals surface area contributed by atoms with Crippen molar-refractivity contribution in [2.45, 2.75) is 32.4 Å². The Balaban J connectivity index is 1.74. The molecule has 4 heteroatoms. The summed E-state index contributed by atoms with van der Waals surface area (Å²) in [4.78, 5) is 2.45. The van der Waals surface area contributed by atoms with Crippen LogP contribution in [0, 0.1) is 0 Å². The molecule has 4 nitrogen and oxygen atoms in total. The molecular formula is C16H25NO3. The molecule has 20 heavy (non-hydrogen) atoms. The third-order valence-corrected chi connectivity index (χ3v) is 3.62. The maximum atomic E-state index is 8.76. The van der Waals surface area contributed by atoms with Gasteiger partial charge >= 0.3 is 0 Å².